The van der Waals surface area contributed by atoms with Gasteiger partial charge < -0.3 is 0 Å². The van der Waals surface area contributed by atoms with Gasteiger partial charge in [-0.25, -0.2) is 0 Å². The van der Waals surface area contributed by atoms with E-state index in [9.17, 15) is 0 Å². The van der Waals surface area contributed by atoms with Crippen molar-refractivity contribution in [1.29, 1.82) is 0 Å². The molecular formula is C31H18F6S6. The van der Waals surface area contributed by atoms with Crippen LogP contribution in [0.25, 0.3) is 29.3 Å². The van der Waals surface area contributed by atoms with Gasteiger partial charge in [-0.1, -0.05) is 12.1 Å². The highest BCUT2D eigenvalue weighted by Gasteiger charge is 2.84. The van der Waals surface area contributed by atoms with Crippen LogP contribution in [0.2, 0.25) is 0 Å². The minimum absolute atomic E-state index is 0.144. The standard InChI is InChI=1S/C31H18F6S6/c1-27-15(13-23(42-27)21-9-7-19(40-21)17-5-3-11-38-17)25-26(30(34,35)31(36,37)29(25,32)33)16-14-24(43-28(16,27)2)22-10-8-20(41-22)18-6-4-12-39-18/h3-14H,1-2H3/t27-,28-/m1/s1. The Balaban J connectivity index is 1.31. The molecule has 0 amide bonds. The van der Waals surface area contributed by atoms with Gasteiger partial charge in [0.25, 0.3) is 0 Å². The van der Waals surface area contributed by atoms with Crippen LogP contribution < -0.4 is 0 Å². The van der Waals surface area contributed by atoms with E-state index in [1.165, 1.54) is 58.3 Å². The molecule has 4 aliphatic rings. The third-order valence-corrected chi connectivity index (χ3v) is 16.5. The molecule has 43 heavy (non-hydrogen) atoms. The fourth-order valence-corrected chi connectivity index (χ4v) is 13.2. The molecular weight excluding hydrogens is 679 g/mol. The SMILES string of the molecule is C[C@@]12SC(c3ccc(-c4cccs4)s3)=CC1=C1C(=C3C=C(c4ccc(-c5cccs5)s4)S[C@]32C)C(F)(F)C(F)(F)C1(F)F. The monoisotopic (exact) mass is 696 g/mol. The van der Waals surface area contributed by atoms with Crippen molar-refractivity contribution in [2.45, 2.75) is 41.1 Å². The molecule has 0 radical (unpaired) electrons. The third kappa shape index (κ3) is 3.59. The molecule has 6 heterocycles. The van der Waals surface area contributed by atoms with Crippen LogP contribution >= 0.6 is 68.9 Å². The number of thiophene rings is 4. The Bertz CT molecular complexity index is 1800. The Morgan fingerprint density at radius 2 is 0.907 bits per heavy atom. The second kappa shape index (κ2) is 9.07. The number of alkyl halides is 6. The number of fused-ring (bicyclic) bond motifs is 4. The molecule has 0 aromatic carbocycles. The Labute approximate surface area is 267 Å². The van der Waals surface area contributed by atoms with Crippen molar-refractivity contribution in [2.75, 3.05) is 0 Å². The predicted octanol–water partition coefficient (Wildman–Crippen LogP) is 12.2. The van der Waals surface area contributed by atoms with Crippen molar-refractivity contribution >= 4 is 78.7 Å². The zero-order valence-electron chi connectivity index (χ0n) is 22.1. The van der Waals surface area contributed by atoms with Crippen molar-refractivity contribution < 1.29 is 26.3 Å². The highest BCUT2D eigenvalue weighted by Crippen LogP contribution is 2.75. The summed E-state index contributed by atoms with van der Waals surface area (Å²) in [5.74, 6) is -15.7. The zero-order chi connectivity index (χ0) is 30.2. The van der Waals surface area contributed by atoms with Gasteiger partial charge in [0.15, 0.2) is 0 Å². The Morgan fingerprint density at radius 1 is 0.512 bits per heavy atom. The average Bonchev–Trinajstić information content (AvgIpc) is 3.79. The van der Waals surface area contributed by atoms with Crippen molar-refractivity contribution in [1.82, 2.24) is 0 Å². The number of allylic oxidation sites excluding steroid dienone is 4. The fourth-order valence-electron chi connectivity index (χ4n) is 6.20. The summed E-state index contributed by atoms with van der Waals surface area (Å²) in [5, 5.41) is 3.91. The fraction of sp³-hybridized carbons (Fsp3) is 0.226. The summed E-state index contributed by atoms with van der Waals surface area (Å²) < 4.78 is 90.4. The predicted molar refractivity (Wildman–Crippen MR) is 172 cm³/mol. The lowest BCUT2D eigenvalue weighted by Crippen LogP contribution is -2.48. The molecule has 4 aromatic heterocycles. The number of rotatable bonds is 4. The van der Waals surface area contributed by atoms with Gasteiger partial charge in [0.05, 0.1) is 9.49 Å². The van der Waals surface area contributed by atoms with E-state index in [0.717, 1.165) is 29.3 Å². The molecule has 0 bridgehead atoms. The first kappa shape index (κ1) is 28.5. The van der Waals surface area contributed by atoms with Gasteiger partial charge in [0.2, 0.25) is 0 Å². The van der Waals surface area contributed by atoms with E-state index in [1.807, 2.05) is 59.3 Å². The molecule has 1 saturated carbocycles. The van der Waals surface area contributed by atoms with Crippen LogP contribution in [0, 0.1) is 0 Å². The minimum atomic E-state index is -5.57. The van der Waals surface area contributed by atoms with Gasteiger partial charge in [-0.05, 0) is 84.3 Å². The summed E-state index contributed by atoms with van der Waals surface area (Å²) in [6.45, 7) is 3.46. The summed E-state index contributed by atoms with van der Waals surface area (Å²) in [5.41, 5.74) is -2.74. The maximum atomic E-state index is 15.7. The van der Waals surface area contributed by atoms with E-state index < -0.39 is 38.4 Å². The zero-order valence-corrected chi connectivity index (χ0v) is 27.0. The second-order valence-electron chi connectivity index (χ2n) is 10.9. The molecule has 0 saturated heterocycles. The molecule has 220 valence electrons. The molecule has 2 aliphatic carbocycles. The molecule has 2 atom stereocenters. The number of halogens is 6. The molecule has 1 fully saturated rings. The number of hydrogen-bond donors (Lipinski definition) is 0. The lowest BCUT2D eigenvalue weighted by atomic mass is 9.71. The molecule has 0 N–H and O–H groups in total. The first-order valence-corrected chi connectivity index (χ1v) is 18.1. The summed E-state index contributed by atoms with van der Waals surface area (Å²) >= 11 is 8.66. The van der Waals surface area contributed by atoms with Crippen LogP contribution in [-0.2, 0) is 0 Å². The first-order valence-electron chi connectivity index (χ1n) is 13.0. The van der Waals surface area contributed by atoms with Crippen molar-refractivity contribution in [3.05, 3.63) is 103 Å². The maximum Gasteiger partial charge on any atom is 0.380 e. The van der Waals surface area contributed by atoms with Gasteiger partial charge >= 0.3 is 17.8 Å². The van der Waals surface area contributed by atoms with Gasteiger partial charge in [-0.15, -0.1) is 68.9 Å². The van der Waals surface area contributed by atoms with Crippen LogP contribution in [-0.4, -0.2) is 27.3 Å². The Morgan fingerprint density at radius 3 is 1.28 bits per heavy atom. The van der Waals surface area contributed by atoms with Crippen molar-refractivity contribution in [2.24, 2.45) is 0 Å². The Hall–Kier alpha value is -1.96. The van der Waals surface area contributed by atoms with Crippen LogP contribution in [0.15, 0.2) is 93.7 Å². The lowest BCUT2D eigenvalue weighted by molar-refractivity contribution is -0.258. The van der Waals surface area contributed by atoms with E-state index in [1.54, 1.807) is 36.5 Å². The van der Waals surface area contributed by atoms with E-state index in [2.05, 4.69) is 0 Å². The summed E-state index contributed by atoms with van der Waals surface area (Å²) in [6, 6.07) is 15.4. The molecule has 4 aromatic rings. The summed E-state index contributed by atoms with van der Waals surface area (Å²) in [4.78, 5) is 6.83. The van der Waals surface area contributed by atoms with Gasteiger partial charge in [0.1, 0.15) is 0 Å². The van der Waals surface area contributed by atoms with E-state index >= 15 is 26.3 Å². The molecule has 0 unspecified atom stereocenters. The average molecular weight is 697 g/mol. The third-order valence-electron chi connectivity index (χ3n) is 8.55. The van der Waals surface area contributed by atoms with Crippen LogP contribution in [0.5, 0.6) is 0 Å². The Kier molecular flexibility index (Phi) is 6.01. The van der Waals surface area contributed by atoms with Crippen LogP contribution in [0.4, 0.5) is 26.3 Å². The second-order valence-corrected chi connectivity index (χ2v) is 17.9. The molecule has 8 rings (SSSR count). The maximum absolute atomic E-state index is 15.7. The lowest BCUT2D eigenvalue weighted by Gasteiger charge is -2.47. The summed E-state index contributed by atoms with van der Waals surface area (Å²) in [7, 11) is 0. The minimum Gasteiger partial charge on any atom is -0.194 e. The smallest absolute Gasteiger partial charge is 0.194 e. The molecule has 2 aliphatic heterocycles. The topological polar surface area (TPSA) is 0 Å². The van der Waals surface area contributed by atoms with Gasteiger partial charge in [-0.3, -0.25) is 0 Å². The number of thioether (sulfide) groups is 2. The van der Waals surface area contributed by atoms with Gasteiger partial charge in [0, 0.05) is 50.2 Å². The van der Waals surface area contributed by atoms with Crippen LogP contribution in [0.1, 0.15) is 23.6 Å². The quantitative estimate of drug-likeness (QED) is 0.195. The van der Waals surface area contributed by atoms with Gasteiger partial charge in [-0.2, -0.15) is 26.3 Å². The van der Waals surface area contributed by atoms with Crippen molar-refractivity contribution in [3.63, 3.8) is 0 Å². The molecule has 12 heteroatoms. The normalized spacial score (nSPS) is 28.2. The van der Waals surface area contributed by atoms with E-state index in [4.69, 9.17) is 0 Å². The first-order chi connectivity index (χ1) is 20.3. The van der Waals surface area contributed by atoms with E-state index in [0.29, 0.717) is 9.81 Å². The largest absolute Gasteiger partial charge is 0.380 e. The molecule has 0 spiro atoms. The van der Waals surface area contributed by atoms with Crippen LogP contribution in [0.3, 0.4) is 0 Å². The summed E-state index contributed by atoms with van der Waals surface area (Å²) in [6.07, 6.45) is 2.91. The van der Waals surface area contributed by atoms with E-state index in [-0.39, 0.29) is 11.1 Å². The highest BCUT2D eigenvalue weighted by atomic mass is 32.2. The van der Waals surface area contributed by atoms with Crippen molar-refractivity contribution in [3.8, 4) is 19.5 Å². The number of hydrogen-bond acceptors (Lipinski definition) is 6. The highest BCUT2D eigenvalue weighted by molar-refractivity contribution is 8.14. The molecule has 0 nitrogen and oxygen atoms in total.